The Morgan fingerprint density at radius 1 is 1.27 bits per heavy atom. The summed E-state index contributed by atoms with van der Waals surface area (Å²) in [5.41, 5.74) is 6.85. The van der Waals surface area contributed by atoms with Crippen molar-refractivity contribution in [2.45, 2.75) is 89.1 Å². The molecule has 1 aromatic carbocycles. The third kappa shape index (κ3) is 9.89. The van der Waals surface area contributed by atoms with Gasteiger partial charge in [0.2, 0.25) is 0 Å². The minimum Gasteiger partial charge on any atom is -0.504 e. The second-order valence-electron chi connectivity index (χ2n) is 10.2. The number of rotatable bonds is 12. The molecule has 0 amide bonds. The Hall–Kier alpha value is -2.78. The maximum atomic E-state index is 11.7. The molecule has 206 valence electrons. The van der Waals surface area contributed by atoms with Gasteiger partial charge in [0.1, 0.15) is 12.2 Å². The lowest BCUT2D eigenvalue weighted by Gasteiger charge is -2.30. The molecule has 1 aliphatic carbocycles. The topological polar surface area (TPSA) is 138 Å². The molecule has 0 aromatic heterocycles. The Bertz CT molecular complexity index is 916. The molecule has 0 radical (unpaired) electrons. The van der Waals surface area contributed by atoms with E-state index in [-0.39, 0.29) is 23.9 Å². The fourth-order valence-electron chi connectivity index (χ4n) is 5.13. The zero-order valence-electron chi connectivity index (χ0n) is 22.2. The fraction of sp³-hybridized carbons (Fsp3) is 0.643. The maximum Gasteiger partial charge on any atom is 0.302 e. The molecule has 6 N–H and O–H groups in total. The number of aliphatic imine (C=N–C) groups is 1. The van der Waals surface area contributed by atoms with Crippen LogP contribution in [0.2, 0.25) is 0 Å². The summed E-state index contributed by atoms with van der Waals surface area (Å²) in [4.78, 5) is 15.7. The Morgan fingerprint density at radius 2 is 2.05 bits per heavy atom. The zero-order valence-corrected chi connectivity index (χ0v) is 22.2. The number of ether oxygens (including phenoxy) is 2. The molecular weight excluding hydrogens is 472 g/mol. The lowest BCUT2D eigenvalue weighted by Crippen LogP contribution is -2.44. The number of guanidine groups is 1. The third-order valence-corrected chi connectivity index (χ3v) is 7.21. The highest BCUT2D eigenvalue weighted by molar-refractivity contribution is 5.78. The number of nitrogens with one attached hydrogen (secondary N) is 2. The number of esters is 1. The number of allylic oxidation sites excluding steroid dienone is 1. The number of nitrogens with two attached hydrogens (primary N) is 1. The Kier molecular flexibility index (Phi) is 11.5. The summed E-state index contributed by atoms with van der Waals surface area (Å²) in [5, 5.41) is 27.6. The predicted octanol–water partition coefficient (Wildman–Crippen LogP) is 2.79. The minimum atomic E-state index is -0.577. The SMILES string of the molecule is CN=C(N)N[C@H]1C=CCC[C@H]1CC[C@H](O)C[C@@H](CCc1ccc(O)c(OC2CCNCC2)c1)OC(C)=O. The molecule has 1 aromatic rings. The normalized spacial score (nSPS) is 22.3. The van der Waals surface area contributed by atoms with Crippen LogP contribution in [-0.2, 0) is 16.0 Å². The van der Waals surface area contributed by atoms with Crippen molar-refractivity contribution in [1.82, 2.24) is 10.6 Å². The van der Waals surface area contributed by atoms with E-state index in [0.717, 1.165) is 50.8 Å². The summed E-state index contributed by atoms with van der Waals surface area (Å²) >= 11 is 0. The van der Waals surface area contributed by atoms with E-state index in [2.05, 4.69) is 27.8 Å². The molecular formula is C28H44N4O5. The van der Waals surface area contributed by atoms with E-state index in [1.54, 1.807) is 13.1 Å². The van der Waals surface area contributed by atoms with Crippen molar-refractivity contribution in [3.05, 3.63) is 35.9 Å². The largest absolute Gasteiger partial charge is 0.504 e. The van der Waals surface area contributed by atoms with Crippen LogP contribution in [0, 0.1) is 5.92 Å². The molecule has 9 nitrogen and oxygen atoms in total. The third-order valence-electron chi connectivity index (χ3n) is 7.21. The standard InChI is InChI=1S/C28H44N4O5/c1-19(33)36-24(18-22(34)10-9-21-5-3-4-6-25(21)32-28(29)30-2)11-7-20-8-12-26(35)27(17-20)37-23-13-15-31-16-14-23/h4,6,8,12,17,21-25,31,34-35H,3,5,7,9-11,13-16,18H2,1-2H3,(H3,29,30,32)/t21-,22-,24+,25-/m0/s1. The van der Waals surface area contributed by atoms with Gasteiger partial charge in [0.15, 0.2) is 17.5 Å². The van der Waals surface area contributed by atoms with Crippen LogP contribution in [0.3, 0.4) is 0 Å². The summed E-state index contributed by atoms with van der Waals surface area (Å²) in [6, 6.07) is 5.49. The smallest absolute Gasteiger partial charge is 0.302 e. The molecule has 0 unspecified atom stereocenters. The summed E-state index contributed by atoms with van der Waals surface area (Å²) in [6.07, 6.45) is 10.3. The number of piperidine rings is 1. The zero-order chi connectivity index (χ0) is 26.6. The Morgan fingerprint density at radius 3 is 2.78 bits per heavy atom. The van der Waals surface area contributed by atoms with Crippen LogP contribution in [0.1, 0.15) is 63.9 Å². The van der Waals surface area contributed by atoms with E-state index < -0.39 is 12.2 Å². The van der Waals surface area contributed by atoms with Crippen LogP contribution >= 0.6 is 0 Å². The molecule has 9 heteroatoms. The lowest BCUT2D eigenvalue weighted by atomic mass is 9.84. The summed E-state index contributed by atoms with van der Waals surface area (Å²) < 4.78 is 11.6. The van der Waals surface area contributed by atoms with E-state index in [1.807, 2.05) is 12.1 Å². The van der Waals surface area contributed by atoms with Gasteiger partial charge in [-0.25, -0.2) is 0 Å². The van der Waals surface area contributed by atoms with Crippen molar-refractivity contribution in [3.63, 3.8) is 0 Å². The van der Waals surface area contributed by atoms with E-state index in [9.17, 15) is 15.0 Å². The summed E-state index contributed by atoms with van der Waals surface area (Å²) in [5.74, 6) is 1.03. The minimum absolute atomic E-state index is 0.0893. The second-order valence-corrected chi connectivity index (χ2v) is 10.2. The van der Waals surface area contributed by atoms with E-state index in [4.69, 9.17) is 15.2 Å². The number of nitrogens with zero attached hydrogens (tertiary/aromatic N) is 1. The number of aromatic hydroxyl groups is 1. The van der Waals surface area contributed by atoms with Gasteiger partial charge >= 0.3 is 5.97 Å². The van der Waals surface area contributed by atoms with Gasteiger partial charge in [0, 0.05) is 20.4 Å². The molecule has 1 fully saturated rings. The quantitative estimate of drug-likeness (QED) is 0.124. The number of hydrogen-bond acceptors (Lipinski definition) is 7. The van der Waals surface area contributed by atoms with Crippen LogP contribution in [0.15, 0.2) is 35.3 Å². The van der Waals surface area contributed by atoms with Crippen LogP contribution in [0.25, 0.3) is 0 Å². The first-order chi connectivity index (χ1) is 17.8. The summed E-state index contributed by atoms with van der Waals surface area (Å²) in [7, 11) is 1.66. The number of benzene rings is 1. The number of carbonyl (C=O) groups excluding carboxylic acids is 1. The fourth-order valence-corrected chi connectivity index (χ4v) is 5.13. The number of aliphatic hydroxyl groups is 1. The van der Waals surface area contributed by atoms with Crippen LogP contribution in [0.5, 0.6) is 11.5 Å². The van der Waals surface area contributed by atoms with Gasteiger partial charge in [-0.05, 0) is 88.1 Å². The number of carbonyl (C=O) groups is 1. The highest BCUT2D eigenvalue weighted by Crippen LogP contribution is 2.30. The van der Waals surface area contributed by atoms with Gasteiger partial charge < -0.3 is 36.1 Å². The van der Waals surface area contributed by atoms with E-state index in [0.29, 0.717) is 43.3 Å². The van der Waals surface area contributed by atoms with E-state index >= 15 is 0 Å². The predicted molar refractivity (Wildman–Crippen MR) is 145 cm³/mol. The first-order valence-electron chi connectivity index (χ1n) is 13.5. The second kappa shape index (κ2) is 14.8. The first kappa shape index (κ1) is 28.8. The van der Waals surface area contributed by atoms with Gasteiger partial charge in [-0.1, -0.05) is 18.2 Å². The van der Waals surface area contributed by atoms with Gasteiger partial charge in [0.25, 0.3) is 0 Å². The molecule has 1 heterocycles. The molecule has 37 heavy (non-hydrogen) atoms. The van der Waals surface area contributed by atoms with Gasteiger partial charge in [0.05, 0.1) is 12.1 Å². The van der Waals surface area contributed by atoms with Crippen LogP contribution in [0.4, 0.5) is 0 Å². The van der Waals surface area contributed by atoms with Crippen molar-refractivity contribution < 1.29 is 24.5 Å². The monoisotopic (exact) mass is 516 g/mol. The number of aliphatic hydroxyl groups excluding tert-OH is 1. The molecule has 0 saturated carbocycles. The first-order valence-corrected chi connectivity index (χ1v) is 13.5. The van der Waals surface area contributed by atoms with Gasteiger partial charge in [-0.2, -0.15) is 0 Å². The number of hydrogen-bond donors (Lipinski definition) is 5. The molecule has 1 aliphatic heterocycles. The molecule has 0 spiro atoms. The lowest BCUT2D eigenvalue weighted by molar-refractivity contribution is -0.148. The van der Waals surface area contributed by atoms with Crippen molar-refractivity contribution in [2.24, 2.45) is 16.6 Å². The average Bonchev–Trinajstić information content (AvgIpc) is 2.88. The highest BCUT2D eigenvalue weighted by Gasteiger charge is 2.25. The number of aryl methyl sites for hydroxylation is 1. The highest BCUT2D eigenvalue weighted by atomic mass is 16.5. The average molecular weight is 517 g/mol. The molecule has 3 rings (SSSR count). The number of phenolic OH excluding ortho intramolecular Hbond substituents is 1. The van der Waals surface area contributed by atoms with Crippen LogP contribution in [-0.4, -0.2) is 66.6 Å². The molecule has 2 aliphatic rings. The maximum absolute atomic E-state index is 11.7. The van der Waals surface area contributed by atoms with Crippen molar-refractivity contribution >= 4 is 11.9 Å². The van der Waals surface area contributed by atoms with E-state index in [1.165, 1.54) is 6.92 Å². The van der Waals surface area contributed by atoms with Gasteiger partial charge in [-0.3, -0.25) is 9.79 Å². The van der Waals surface area contributed by atoms with Crippen molar-refractivity contribution in [1.29, 1.82) is 0 Å². The molecule has 0 bridgehead atoms. The number of phenols is 1. The molecule has 1 saturated heterocycles. The Balaban J connectivity index is 1.52. The molecule has 4 atom stereocenters. The van der Waals surface area contributed by atoms with Crippen molar-refractivity contribution in [2.75, 3.05) is 20.1 Å². The van der Waals surface area contributed by atoms with Crippen LogP contribution < -0.4 is 21.1 Å². The Labute approximate surface area is 220 Å². The summed E-state index contributed by atoms with van der Waals surface area (Å²) in [6.45, 7) is 3.22. The van der Waals surface area contributed by atoms with Gasteiger partial charge in [-0.15, -0.1) is 0 Å². The van der Waals surface area contributed by atoms with Crippen molar-refractivity contribution in [3.8, 4) is 11.5 Å².